The smallest absolute Gasteiger partial charge is 0.308 e. The molecule has 2 saturated heterocycles. The van der Waals surface area contributed by atoms with Crippen molar-refractivity contribution in [2.75, 3.05) is 66.7 Å². The van der Waals surface area contributed by atoms with Gasteiger partial charge in [0.15, 0.2) is 11.5 Å². The third-order valence-corrected chi connectivity index (χ3v) is 8.91. The molecule has 3 heterocycles. The zero-order valence-electron chi connectivity index (χ0n) is 26.1. The number of likely N-dealkylation sites (tertiary alicyclic amines) is 2. The molecule has 3 atom stereocenters. The van der Waals surface area contributed by atoms with Gasteiger partial charge in [0.2, 0.25) is 18.6 Å². The SMILES string of the molecule is CCCCN(CCCCN(C)C)C(=O)CN1C[C@H](c2ccc3c(c2)OCO3)[C@@H](C(=O)O)[C@@H]1CCN1CC(C)(C)CC1=O. The second-order valence-corrected chi connectivity index (χ2v) is 13.3. The lowest BCUT2D eigenvalue weighted by molar-refractivity contribution is -0.144. The highest BCUT2D eigenvalue weighted by Crippen LogP contribution is 2.43. The maximum absolute atomic E-state index is 13.8. The van der Waals surface area contributed by atoms with E-state index in [0.29, 0.717) is 57.1 Å². The van der Waals surface area contributed by atoms with Crippen LogP contribution in [0.2, 0.25) is 0 Å². The monoisotopic (exact) mass is 586 g/mol. The number of carbonyl (C=O) groups is 3. The van der Waals surface area contributed by atoms with Gasteiger partial charge in [0.25, 0.3) is 0 Å². The quantitative estimate of drug-likeness (QED) is 0.312. The molecule has 10 heteroatoms. The van der Waals surface area contributed by atoms with Gasteiger partial charge < -0.3 is 29.3 Å². The molecule has 4 rings (SSSR count). The van der Waals surface area contributed by atoms with Gasteiger partial charge in [-0.2, -0.15) is 0 Å². The second kappa shape index (κ2) is 14.1. The first-order valence-electron chi connectivity index (χ1n) is 15.6. The van der Waals surface area contributed by atoms with Gasteiger partial charge in [-0.15, -0.1) is 0 Å². The lowest BCUT2D eigenvalue weighted by atomic mass is 9.84. The summed E-state index contributed by atoms with van der Waals surface area (Å²) in [6.45, 7) is 10.6. The Balaban J connectivity index is 1.54. The van der Waals surface area contributed by atoms with E-state index >= 15 is 0 Å². The molecule has 10 nitrogen and oxygen atoms in total. The van der Waals surface area contributed by atoms with Crippen LogP contribution in [0.5, 0.6) is 11.5 Å². The van der Waals surface area contributed by atoms with E-state index in [1.54, 1.807) is 0 Å². The normalized spacial score (nSPS) is 23.2. The van der Waals surface area contributed by atoms with Crippen molar-refractivity contribution in [3.05, 3.63) is 23.8 Å². The molecule has 0 unspecified atom stereocenters. The van der Waals surface area contributed by atoms with Crippen LogP contribution in [0.3, 0.4) is 0 Å². The molecule has 0 spiro atoms. The Hall–Kier alpha value is -2.85. The third-order valence-electron chi connectivity index (χ3n) is 8.91. The molecular weight excluding hydrogens is 536 g/mol. The van der Waals surface area contributed by atoms with Gasteiger partial charge in [-0.25, -0.2) is 0 Å². The molecule has 1 N–H and O–H groups in total. The van der Waals surface area contributed by atoms with E-state index in [9.17, 15) is 19.5 Å². The zero-order valence-corrected chi connectivity index (χ0v) is 26.1. The number of hydrogen-bond donors (Lipinski definition) is 1. The van der Waals surface area contributed by atoms with Gasteiger partial charge in [-0.05, 0) is 69.4 Å². The van der Waals surface area contributed by atoms with Crippen molar-refractivity contribution in [3.63, 3.8) is 0 Å². The number of fused-ring (bicyclic) bond motifs is 1. The summed E-state index contributed by atoms with van der Waals surface area (Å²) in [5.41, 5.74) is 0.784. The average molecular weight is 587 g/mol. The van der Waals surface area contributed by atoms with Crippen molar-refractivity contribution >= 4 is 17.8 Å². The second-order valence-electron chi connectivity index (χ2n) is 13.3. The number of amides is 2. The van der Waals surface area contributed by atoms with Crippen LogP contribution < -0.4 is 9.47 Å². The standard InChI is InChI=1S/C32H50N4O6/c1-6-7-14-34(15-9-8-13-33(4)5)29(38)20-36-19-24(23-10-11-26-27(17-23)42-22-41-26)30(31(39)40)25(36)12-16-35-21-32(2,3)18-28(35)37/h10-11,17,24-25,30H,6-9,12-16,18-22H2,1-5H3,(H,39,40)/t24-,25+,30-/m1/s1. The number of benzene rings is 1. The van der Waals surface area contributed by atoms with Crippen molar-refractivity contribution in [3.8, 4) is 11.5 Å². The Morgan fingerprint density at radius 3 is 2.45 bits per heavy atom. The number of carboxylic acid groups (broad SMARTS) is 1. The van der Waals surface area contributed by atoms with Crippen molar-refractivity contribution in [2.24, 2.45) is 11.3 Å². The molecule has 1 aromatic carbocycles. The highest BCUT2D eigenvalue weighted by Gasteiger charge is 2.48. The molecule has 234 valence electrons. The number of carbonyl (C=O) groups excluding carboxylic acids is 2. The highest BCUT2D eigenvalue weighted by molar-refractivity contribution is 5.80. The van der Waals surface area contributed by atoms with Gasteiger partial charge >= 0.3 is 5.97 Å². The topological polar surface area (TPSA) is 103 Å². The van der Waals surface area contributed by atoms with Gasteiger partial charge in [0, 0.05) is 51.1 Å². The average Bonchev–Trinajstić information content (AvgIpc) is 3.60. The lowest BCUT2D eigenvalue weighted by Gasteiger charge is -2.31. The van der Waals surface area contributed by atoms with Crippen LogP contribution in [-0.4, -0.2) is 115 Å². The summed E-state index contributed by atoms with van der Waals surface area (Å²) in [5, 5.41) is 10.5. The molecule has 2 amide bonds. The van der Waals surface area contributed by atoms with Crippen molar-refractivity contribution in [1.82, 2.24) is 19.6 Å². The minimum Gasteiger partial charge on any atom is -0.481 e. The molecular formula is C32H50N4O6. The summed E-state index contributed by atoms with van der Waals surface area (Å²) in [6.07, 6.45) is 4.89. The van der Waals surface area contributed by atoms with Crippen LogP contribution in [-0.2, 0) is 14.4 Å². The summed E-state index contributed by atoms with van der Waals surface area (Å²) in [5.74, 6) is -0.468. The fraction of sp³-hybridized carbons (Fsp3) is 0.719. The molecule has 0 radical (unpaired) electrons. The highest BCUT2D eigenvalue weighted by atomic mass is 16.7. The van der Waals surface area contributed by atoms with E-state index < -0.39 is 11.9 Å². The third kappa shape index (κ3) is 7.95. The van der Waals surface area contributed by atoms with Crippen LogP contribution in [0.15, 0.2) is 18.2 Å². The van der Waals surface area contributed by atoms with Crippen LogP contribution in [0, 0.1) is 11.3 Å². The molecule has 2 fully saturated rings. The maximum atomic E-state index is 13.8. The zero-order chi connectivity index (χ0) is 30.4. The van der Waals surface area contributed by atoms with Crippen LogP contribution in [0.4, 0.5) is 0 Å². The molecule has 3 aliphatic heterocycles. The van der Waals surface area contributed by atoms with Gasteiger partial charge in [0.05, 0.1) is 12.5 Å². The van der Waals surface area contributed by atoms with Crippen LogP contribution in [0.1, 0.15) is 70.8 Å². The Labute approximate surface area is 250 Å². The summed E-state index contributed by atoms with van der Waals surface area (Å²) in [6, 6.07) is 5.27. The van der Waals surface area contributed by atoms with Crippen LogP contribution >= 0.6 is 0 Å². The fourth-order valence-corrected chi connectivity index (χ4v) is 6.72. The van der Waals surface area contributed by atoms with E-state index in [1.807, 2.05) is 28.0 Å². The van der Waals surface area contributed by atoms with Gasteiger partial charge in [0.1, 0.15) is 0 Å². The number of aliphatic carboxylic acids is 1. The Morgan fingerprint density at radius 2 is 1.79 bits per heavy atom. The molecule has 42 heavy (non-hydrogen) atoms. The molecule has 1 aromatic rings. The Bertz CT molecular complexity index is 1110. The molecule has 0 bridgehead atoms. The Kier molecular flexibility index (Phi) is 10.8. The fourth-order valence-electron chi connectivity index (χ4n) is 6.72. The number of nitrogens with zero attached hydrogens (tertiary/aromatic N) is 4. The predicted octanol–water partition coefficient (Wildman–Crippen LogP) is 3.50. The number of carboxylic acids is 1. The van der Waals surface area contributed by atoms with Gasteiger partial charge in [-0.1, -0.05) is 33.3 Å². The van der Waals surface area contributed by atoms with E-state index in [0.717, 1.165) is 37.8 Å². The molecule has 0 aliphatic carbocycles. The minimum absolute atomic E-state index is 0.0483. The van der Waals surface area contributed by atoms with Crippen LogP contribution in [0.25, 0.3) is 0 Å². The number of hydrogen-bond acceptors (Lipinski definition) is 7. The number of unbranched alkanes of at least 4 members (excludes halogenated alkanes) is 2. The Morgan fingerprint density at radius 1 is 1.07 bits per heavy atom. The van der Waals surface area contributed by atoms with Crippen molar-refractivity contribution in [1.29, 1.82) is 0 Å². The molecule has 0 saturated carbocycles. The van der Waals surface area contributed by atoms with E-state index in [1.165, 1.54) is 0 Å². The first kappa shape index (κ1) is 32.1. The number of ether oxygens (including phenoxy) is 2. The molecule has 0 aromatic heterocycles. The lowest BCUT2D eigenvalue weighted by Crippen LogP contribution is -2.46. The van der Waals surface area contributed by atoms with E-state index in [-0.39, 0.29) is 42.5 Å². The summed E-state index contributed by atoms with van der Waals surface area (Å²) >= 11 is 0. The van der Waals surface area contributed by atoms with E-state index in [4.69, 9.17) is 9.47 Å². The van der Waals surface area contributed by atoms with Crippen molar-refractivity contribution in [2.45, 2.75) is 71.3 Å². The van der Waals surface area contributed by atoms with E-state index in [2.05, 4.69) is 44.7 Å². The minimum atomic E-state index is -0.878. The summed E-state index contributed by atoms with van der Waals surface area (Å²) < 4.78 is 11.1. The number of rotatable bonds is 15. The summed E-state index contributed by atoms with van der Waals surface area (Å²) in [7, 11) is 4.11. The summed E-state index contributed by atoms with van der Waals surface area (Å²) in [4.78, 5) is 47.4. The maximum Gasteiger partial charge on any atom is 0.308 e. The first-order valence-corrected chi connectivity index (χ1v) is 15.6. The largest absolute Gasteiger partial charge is 0.481 e. The predicted molar refractivity (Wildman–Crippen MR) is 161 cm³/mol. The van der Waals surface area contributed by atoms with Crippen molar-refractivity contribution < 1.29 is 29.0 Å². The van der Waals surface area contributed by atoms with Gasteiger partial charge in [-0.3, -0.25) is 19.3 Å². The first-order chi connectivity index (χ1) is 20.0. The molecule has 3 aliphatic rings.